The number of halogens is 2. The molecule has 0 atom stereocenters. The summed E-state index contributed by atoms with van der Waals surface area (Å²) in [5.74, 6) is -1.39. The van der Waals surface area contributed by atoms with Gasteiger partial charge in [-0.3, -0.25) is 0 Å². The topological polar surface area (TPSA) is 12.9 Å². The number of nitrogens with zero attached hydrogens (tertiary/aromatic N) is 1. The molecule has 0 unspecified atom stereocenters. The molecule has 0 N–H and O–H groups in total. The summed E-state index contributed by atoms with van der Waals surface area (Å²) in [7, 11) is 0. The summed E-state index contributed by atoms with van der Waals surface area (Å²) in [5.41, 5.74) is 0. The molecule has 1 heterocycles. The van der Waals surface area contributed by atoms with Gasteiger partial charge in [0.2, 0.25) is 5.95 Å². The van der Waals surface area contributed by atoms with Crippen molar-refractivity contribution < 1.29 is 8.78 Å². The van der Waals surface area contributed by atoms with Gasteiger partial charge in [0.15, 0.2) is 0 Å². The van der Waals surface area contributed by atoms with E-state index in [9.17, 15) is 8.78 Å². The predicted octanol–water partition coefficient (Wildman–Crippen LogP) is 3.41. The molecular formula is C9H15F2N. The summed E-state index contributed by atoms with van der Waals surface area (Å²) in [5, 5.41) is 0. The highest BCUT2D eigenvalue weighted by atomic mass is 19.1. The minimum absolute atomic E-state index is 0.600. The molecule has 0 bridgehead atoms. The first-order valence-corrected chi connectivity index (χ1v) is 4.06. The van der Waals surface area contributed by atoms with E-state index in [1.165, 1.54) is 0 Å². The molecule has 12 heavy (non-hydrogen) atoms. The van der Waals surface area contributed by atoms with Gasteiger partial charge < -0.3 is 0 Å². The lowest BCUT2D eigenvalue weighted by Gasteiger charge is -1.83. The van der Waals surface area contributed by atoms with Crippen LogP contribution in [0.3, 0.4) is 0 Å². The van der Waals surface area contributed by atoms with Gasteiger partial charge in [-0.1, -0.05) is 27.7 Å². The van der Waals surface area contributed by atoms with E-state index in [1.807, 2.05) is 27.7 Å². The van der Waals surface area contributed by atoms with Crippen molar-refractivity contribution in [2.45, 2.75) is 27.7 Å². The van der Waals surface area contributed by atoms with E-state index in [4.69, 9.17) is 0 Å². The fourth-order valence-corrected chi connectivity index (χ4v) is 0.379. The van der Waals surface area contributed by atoms with Crippen molar-refractivity contribution in [3.8, 4) is 0 Å². The smallest absolute Gasteiger partial charge is 0.215 e. The Balaban J connectivity index is 0. The molecule has 1 nitrogen and oxygen atoms in total. The van der Waals surface area contributed by atoms with Crippen LogP contribution in [0.2, 0.25) is 0 Å². The molecule has 1 aromatic heterocycles. The van der Waals surface area contributed by atoms with E-state index in [-0.39, 0.29) is 0 Å². The number of pyridine rings is 1. The first-order valence-electron chi connectivity index (χ1n) is 4.06. The second kappa shape index (κ2) is 10.0. The van der Waals surface area contributed by atoms with E-state index < -0.39 is 11.8 Å². The van der Waals surface area contributed by atoms with Crippen LogP contribution in [-0.2, 0) is 0 Å². The Hall–Kier alpha value is -0.990. The van der Waals surface area contributed by atoms with E-state index in [1.54, 1.807) is 0 Å². The van der Waals surface area contributed by atoms with E-state index in [0.29, 0.717) is 0 Å². The highest BCUT2D eigenvalue weighted by molar-refractivity contribution is 4.95. The van der Waals surface area contributed by atoms with Gasteiger partial charge in [-0.25, -0.2) is 9.37 Å². The molecular weight excluding hydrogens is 160 g/mol. The molecule has 0 aliphatic heterocycles. The zero-order chi connectivity index (χ0) is 9.98. The van der Waals surface area contributed by atoms with Gasteiger partial charge in [0.1, 0.15) is 5.82 Å². The number of hydrogen-bond acceptors (Lipinski definition) is 1. The molecule has 70 valence electrons. The van der Waals surface area contributed by atoms with Crippen LogP contribution in [0.25, 0.3) is 0 Å². The van der Waals surface area contributed by atoms with Gasteiger partial charge in [0.25, 0.3) is 0 Å². The predicted molar refractivity (Wildman–Crippen MR) is 46.8 cm³/mol. The first-order chi connectivity index (χ1) is 5.79. The van der Waals surface area contributed by atoms with Gasteiger partial charge in [-0.15, -0.1) is 0 Å². The van der Waals surface area contributed by atoms with Gasteiger partial charge >= 0.3 is 0 Å². The Morgan fingerprint density at radius 1 is 1.08 bits per heavy atom. The largest absolute Gasteiger partial charge is 0.228 e. The van der Waals surface area contributed by atoms with Crippen molar-refractivity contribution in [3.63, 3.8) is 0 Å². The molecule has 0 fully saturated rings. The molecule has 0 aliphatic carbocycles. The third-order valence-electron chi connectivity index (χ3n) is 0.689. The Labute approximate surface area is 72.5 Å². The van der Waals surface area contributed by atoms with Crippen LogP contribution in [0.1, 0.15) is 27.7 Å². The van der Waals surface area contributed by atoms with Crippen molar-refractivity contribution in [1.29, 1.82) is 0 Å². The Morgan fingerprint density at radius 2 is 1.58 bits per heavy atom. The van der Waals surface area contributed by atoms with Crippen LogP contribution < -0.4 is 0 Å². The number of aromatic nitrogens is 1. The average Bonchev–Trinajstić information content (AvgIpc) is 2.11. The maximum atomic E-state index is 11.9. The zero-order valence-electron chi connectivity index (χ0n) is 7.94. The molecule has 0 saturated carbocycles. The Bertz CT molecular complexity index is 172. The van der Waals surface area contributed by atoms with E-state index in [2.05, 4.69) is 4.98 Å². The van der Waals surface area contributed by atoms with Crippen LogP contribution in [-0.4, -0.2) is 4.98 Å². The lowest BCUT2D eigenvalue weighted by atomic mass is 10.5. The van der Waals surface area contributed by atoms with Crippen LogP contribution in [0.5, 0.6) is 0 Å². The van der Waals surface area contributed by atoms with Crippen molar-refractivity contribution >= 4 is 0 Å². The highest BCUT2D eigenvalue weighted by Gasteiger charge is 1.89. The fourth-order valence-electron chi connectivity index (χ4n) is 0.379. The van der Waals surface area contributed by atoms with Crippen molar-refractivity contribution in [2.75, 3.05) is 0 Å². The summed E-state index contributed by atoms with van der Waals surface area (Å²) in [4.78, 5) is 3.13. The highest BCUT2D eigenvalue weighted by Crippen LogP contribution is 1.95. The van der Waals surface area contributed by atoms with Gasteiger partial charge in [0.05, 0.1) is 0 Å². The van der Waals surface area contributed by atoms with Crippen LogP contribution in [0.4, 0.5) is 8.78 Å². The molecule has 1 aromatic rings. The molecule has 0 amide bonds. The molecule has 0 spiro atoms. The van der Waals surface area contributed by atoms with Crippen LogP contribution >= 0.6 is 0 Å². The normalized spacial score (nSPS) is 7.17. The first kappa shape index (κ1) is 13.6. The molecule has 3 heteroatoms. The SMILES string of the molecule is CC.CC.Fc1ccnc(F)c1. The summed E-state index contributed by atoms with van der Waals surface area (Å²) in [6.45, 7) is 8.00. The molecule has 0 aliphatic rings. The minimum atomic E-state index is -0.787. The van der Waals surface area contributed by atoms with Gasteiger partial charge in [-0.2, -0.15) is 4.39 Å². The number of rotatable bonds is 0. The maximum Gasteiger partial charge on any atom is 0.215 e. The zero-order valence-corrected chi connectivity index (χ0v) is 7.94. The van der Waals surface area contributed by atoms with Crippen LogP contribution in [0.15, 0.2) is 18.3 Å². The van der Waals surface area contributed by atoms with Gasteiger partial charge in [-0.05, 0) is 6.07 Å². The summed E-state index contributed by atoms with van der Waals surface area (Å²) in [6.07, 6.45) is 1.07. The van der Waals surface area contributed by atoms with Gasteiger partial charge in [0, 0.05) is 12.3 Å². The third kappa shape index (κ3) is 7.12. The monoisotopic (exact) mass is 175 g/mol. The van der Waals surface area contributed by atoms with E-state index in [0.717, 1.165) is 18.3 Å². The summed E-state index contributed by atoms with van der Waals surface area (Å²) in [6, 6.07) is 1.81. The lowest BCUT2D eigenvalue weighted by molar-refractivity contribution is 0.552. The molecule has 1 rings (SSSR count). The van der Waals surface area contributed by atoms with Crippen molar-refractivity contribution in [3.05, 3.63) is 30.1 Å². The third-order valence-corrected chi connectivity index (χ3v) is 0.689. The molecule has 0 aromatic carbocycles. The minimum Gasteiger partial charge on any atom is -0.228 e. The fraction of sp³-hybridized carbons (Fsp3) is 0.444. The maximum absolute atomic E-state index is 11.9. The molecule has 0 radical (unpaired) electrons. The van der Waals surface area contributed by atoms with Crippen molar-refractivity contribution in [1.82, 2.24) is 4.98 Å². The Morgan fingerprint density at radius 3 is 1.83 bits per heavy atom. The average molecular weight is 175 g/mol. The standard InChI is InChI=1S/C5H3F2N.2C2H6/c6-4-1-2-8-5(7)3-4;2*1-2/h1-3H;2*1-2H3. The second-order valence-corrected chi connectivity index (χ2v) is 1.30. The summed E-state index contributed by atoms with van der Waals surface area (Å²) < 4.78 is 23.7. The van der Waals surface area contributed by atoms with E-state index >= 15 is 0 Å². The second-order valence-electron chi connectivity index (χ2n) is 1.30. The van der Waals surface area contributed by atoms with Crippen molar-refractivity contribution in [2.24, 2.45) is 0 Å². The summed E-state index contributed by atoms with van der Waals surface area (Å²) >= 11 is 0. The number of hydrogen-bond donors (Lipinski definition) is 0. The lowest BCUT2D eigenvalue weighted by Crippen LogP contribution is -1.80. The van der Waals surface area contributed by atoms with Crippen LogP contribution in [0, 0.1) is 11.8 Å². The Kier molecular flexibility index (Phi) is 11.3. The molecule has 0 saturated heterocycles. The quantitative estimate of drug-likeness (QED) is 0.550.